The predicted octanol–water partition coefficient (Wildman–Crippen LogP) is 2.69. The van der Waals surface area contributed by atoms with Crippen LogP contribution >= 0.6 is 23.4 Å². The second-order valence-corrected chi connectivity index (χ2v) is 7.11. The van der Waals surface area contributed by atoms with Crippen LogP contribution in [0.4, 0.5) is 5.69 Å². The number of thioether (sulfide) groups is 1. The monoisotopic (exact) mass is 351 g/mol. The fourth-order valence-corrected chi connectivity index (χ4v) is 3.55. The lowest BCUT2D eigenvalue weighted by molar-refractivity contribution is -0.119. The van der Waals surface area contributed by atoms with E-state index < -0.39 is 0 Å². The second kappa shape index (κ2) is 6.93. The summed E-state index contributed by atoms with van der Waals surface area (Å²) in [5, 5.41) is 4.01. The quantitative estimate of drug-likeness (QED) is 0.887. The lowest BCUT2D eigenvalue weighted by atomic mass is 10.2. The zero-order valence-electron chi connectivity index (χ0n) is 12.8. The molecule has 0 unspecified atom stereocenters. The standard InChI is InChI=1S/C16H18ClN3O2S/c1-10(11-6-7-11)19-14(21)9-23-16-18-8-15(22)20(16)13-5-3-2-4-12(13)17/h2-5,10-11H,6-9H2,1H3,(H,19,21)/t10-/m0/s1. The van der Waals surface area contributed by atoms with Gasteiger partial charge in [0.15, 0.2) is 5.17 Å². The smallest absolute Gasteiger partial charge is 0.254 e. The number of nitrogens with one attached hydrogen (secondary N) is 1. The minimum atomic E-state index is -0.132. The number of amides is 2. The van der Waals surface area contributed by atoms with Crippen molar-refractivity contribution in [3.05, 3.63) is 29.3 Å². The molecule has 0 bridgehead atoms. The van der Waals surface area contributed by atoms with Gasteiger partial charge in [-0.3, -0.25) is 19.5 Å². The Balaban J connectivity index is 1.61. The van der Waals surface area contributed by atoms with E-state index in [1.165, 1.54) is 29.5 Å². The largest absolute Gasteiger partial charge is 0.353 e. The summed E-state index contributed by atoms with van der Waals surface area (Å²) in [6, 6.07) is 7.35. The van der Waals surface area contributed by atoms with Crippen molar-refractivity contribution < 1.29 is 9.59 Å². The Bertz CT molecular complexity index is 660. The maximum absolute atomic E-state index is 12.1. The highest BCUT2D eigenvalue weighted by Crippen LogP contribution is 2.32. The highest BCUT2D eigenvalue weighted by molar-refractivity contribution is 8.14. The van der Waals surface area contributed by atoms with Crippen molar-refractivity contribution in [2.45, 2.75) is 25.8 Å². The van der Waals surface area contributed by atoms with Crippen LogP contribution in [0.25, 0.3) is 0 Å². The van der Waals surface area contributed by atoms with E-state index in [1.54, 1.807) is 12.1 Å². The molecule has 1 N–H and O–H groups in total. The molecule has 5 nitrogen and oxygen atoms in total. The lowest BCUT2D eigenvalue weighted by Crippen LogP contribution is -2.36. The molecule has 122 valence electrons. The number of anilines is 1. The first kappa shape index (κ1) is 16.3. The first-order chi connectivity index (χ1) is 11.1. The Hall–Kier alpha value is -1.53. The average molecular weight is 352 g/mol. The highest BCUT2D eigenvalue weighted by atomic mass is 35.5. The van der Waals surface area contributed by atoms with E-state index in [4.69, 9.17) is 11.6 Å². The van der Waals surface area contributed by atoms with E-state index in [0.717, 1.165) is 0 Å². The van der Waals surface area contributed by atoms with Crippen LogP contribution in [-0.4, -0.2) is 35.3 Å². The van der Waals surface area contributed by atoms with Gasteiger partial charge in [-0.2, -0.15) is 0 Å². The molecule has 7 heteroatoms. The zero-order valence-corrected chi connectivity index (χ0v) is 14.4. The van der Waals surface area contributed by atoms with Crippen molar-refractivity contribution in [1.82, 2.24) is 5.32 Å². The number of nitrogens with zero attached hydrogens (tertiary/aromatic N) is 2. The van der Waals surface area contributed by atoms with Crippen LogP contribution in [0.15, 0.2) is 29.3 Å². The zero-order chi connectivity index (χ0) is 16.4. The van der Waals surface area contributed by atoms with E-state index in [1.807, 2.05) is 19.1 Å². The molecule has 1 aliphatic heterocycles. The summed E-state index contributed by atoms with van der Waals surface area (Å²) in [6.45, 7) is 2.13. The topological polar surface area (TPSA) is 61.8 Å². The number of rotatable bonds is 5. The molecule has 23 heavy (non-hydrogen) atoms. The SMILES string of the molecule is C[C@H](NC(=O)CSC1=NCC(=O)N1c1ccccc1Cl)C1CC1. The third kappa shape index (κ3) is 3.87. The number of carbonyl (C=O) groups excluding carboxylic acids is 2. The molecular weight excluding hydrogens is 334 g/mol. The minimum absolute atomic E-state index is 0.0319. The molecule has 0 saturated heterocycles. The summed E-state index contributed by atoms with van der Waals surface area (Å²) in [7, 11) is 0. The molecule has 0 aromatic heterocycles. The van der Waals surface area contributed by atoms with Crippen LogP contribution in [-0.2, 0) is 9.59 Å². The van der Waals surface area contributed by atoms with Gasteiger partial charge >= 0.3 is 0 Å². The first-order valence-corrected chi connectivity index (χ1v) is 8.96. The van der Waals surface area contributed by atoms with E-state index in [-0.39, 0.29) is 30.2 Å². The molecule has 1 aromatic rings. The Morgan fingerprint density at radius 3 is 2.91 bits per heavy atom. The van der Waals surface area contributed by atoms with E-state index >= 15 is 0 Å². The van der Waals surface area contributed by atoms with Gasteiger partial charge in [0.05, 0.1) is 16.5 Å². The molecule has 1 aromatic carbocycles. The van der Waals surface area contributed by atoms with Gasteiger partial charge in [-0.25, -0.2) is 0 Å². The van der Waals surface area contributed by atoms with Crippen molar-refractivity contribution in [2.24, 2.45) is 10.9 Å². The number of amidine groups is 1. The number of benzene rings is 1. The molecule has 0 radical (unpaired) electrons. The number of hydrogen-bond donors (Lipinski definition) is 1. The van der Waals surface area contributed by atoms with E-state index in [2.05, 4.69) is 10.3 Å². The summed E-state index contributed by atoms with van der Waals surface area (Å²) in [6.07, 6.45) is 2.38. The third-order valence-electron chi connectivity index (χ3n) is 3.93. The van der Waals surface area contributed by atoms with Gasteiger partial charge in [0.1, 0.15) is 6.54 Å². The molecule has 0 spiro atoms. The Labute approximate surface area is 144 Å². The predicted molar refractivity (Wildman–Crippen MR) is 94.0 cm³/mol. The van der Waals surface area contributed by atoms with Gasteiger partial charge in [-0.1, -0.05) is 35.5 Å². The van der Waals surface area contributed by atoms with Crippen molar-refractivity contribution in [3.8, 4) is 0 Å². The summed E-state index contributed by atoms with van der Waals surface area (Å²) in [5.41, 5.74) is 0.606. The van der Waals surface area contributed by atoms with Crippen LogP contribution in [0.5, 0.6) is 0 Å². The third-order valence-corrected chi connectivity index (χ3v) is 5.23. The molecular formula is C16H18ClN3O2S. The number of carbonyl (C=O) groups is 2. The van der Waals surface area contributed by atoms with Gasteiger partial charge in [0.2, 0.25) is 5.91 Å². The Morgan fingerprint density at radius 2 is 2.22 bits per heavy atom. The summed E-state index contributed by atoms with van der Waals surface area (Å²) < 4.78 is 0. The lowest BCUT2D eigenvalue weighted by Gasteiger charge is -2.19. The molecule has 1 aliphatic carbocycles. The van der Waals surface area contributed by atoms with Crippen LogP contribution in [0, 0.1) is 5.92 Å². The van der Waals surface area contributed by atoms with Crippen LogP contribution in [0.3, 0.4) is 0 Å². The maximum atomic E-state index is 12.1. The summed E-state index contributed by atoms with van der Waals surface area (Å²) >= 11 is 7.44. The van der Waals surface area contributed by atoms with Crippen LogP contribution < -0.4 is 10.2 Å². The molecule has 1 fully saturated rings. The average Bonchev–Trinajstić information content (AvgIpc) is 3.31. The van der Waals surface area contributed by atoms with Gasteiger partial charge < -0.3 is 5.32 Å². The number of hydrogen-bond acceptors (Lipinski definition) is 4. The van der Waals surface area contributed by atoms with Crippen molar-refractivity contribution in [3.63, 3.8) is 0 Å². The van der Waals surface area contributed by atoms with E-state index in [9.17, 15) is 9.59 Å². The number of halogens is 1. The molecule has 1 saturated carbocycles. The molecule has 3 rings (SSSR count). The van der Waals surface area contributed by atoms with Gasteiger partial charge in [0, 0.05) is 6.04 Å². The van der Waals surface area contributed by atoms with Gasteiger partial charge in [-0.15, -0.1) is 0 Å². The maximum Gasteiger partial charge on any atom is 0.254 e. The van der Waals surface area contributed by atoms with Crippen LogP contribution in [0.2, 0.25) is 5.02 Å². The molecule has 2 aliphatic rings. The molecule has 2 amide bonds. The number of para-hydroxylation sites is 1. The van der Waals surface area contributed by atoms with Crippen LogP contribution in [0.1, 0.15) is 19.8 Å². The summed E-state index contributed by atoms with van der Waals surface area (Å²) in [4.78, 5) is 29.8. The Kier molecular flexibility index (Phi) is 4.92. The molecule has 1 atom stereocenters. The Morgan fingerprint density at radius 1 is 1.48 bits per heavy atom. The normalized spacial score (nSPS) is 18.8. The minimum Gasteiger partial charge on any atom is -0.353 e. The summed E-state index contributed by atoms with van der Waals surface area (Å²) in [5.74, 6) is 0.696. The number of aliphatic imine (C=N–C) groups is 1. The molecule has 1 heterocycles. The fraction of sp³-hybridized carbons (Fsp3) is 0.438. The second-order valence-electron chi connectivity index (χ2n) is 5.76. The van der Waals surface area contributed by atoms with Crippen molar-refractivity contribution in [2.75, 3.05) is 17.2 Å². The highest BCUT2D eigenvalue weighted by Gasteiger charge is 2.31. The van der Waals surface area contributed by atoms with Crippen molar-refractivity contribution in [1.29, 1.82) is 0 Å². The van der Waals surface area contributed by atoms with Crippen molar-refractivity contribution >= 4 is 46.0 Å². The fourth-order valence-electron chi connectivity index (χ4n) is 2.50. The van der Waals surface area contributed by atoms with Gasteiger partial charge in [-0.05, 0) is 37.8 Å². The van der Waals surface area contributed by atoms with Gasteiger partial charge in [0.25, 0.3) is 5.91 Å². The van der Waals surface area contributed by atoms with E-state index in [0.29, 0.717) is 21.8 Å². The first-order valence-electron chi connectivity index (χ1n) is 7.60.